The van der Waals surface area contributed by atoms with Gasteiger partial charge in [0.25, 0.3) is 5.91 Å². The number of hydrogen-bond donors (Lipinski definition) is 3. The average molecular weight is 544 g/mol. The minimum Gasteiger partial charge on any atom is -0.356 e. The molecule has 0 fully saturated rings. The molecule has 0 aliphatic heterocycles. The van der Waals surface area contributed by atoms with Crippen LogP contribution in [-0.4, -0.2) is 57.5 Å². The van der Waals surface area contributed by atoms with Gasteiger partial charge in [-0.05, 0) is 55.6 Å². The van der Waals surface area contributed by atoms with Crippen LogP contribution in [0.3, 0.4) is 0 Å². The molecule has 1 heterocycles. The summed E-state index contributed by atoms with van der Waals surface area (Å²) in [4.78, 5) is 20.0. The maximum atomic E-state index is 12.3. The second-order valence-electron chi connectivity index (χ2n) is 7.45. The van der Waals surface area contributed by atoms with Gasteiger partial charge in [0.15, 0.2) is 5.96 Å². The average Bonchev–Trinajstić information content (AvgIpc) is 3.21. The number of guanidine groups is 1. The zero-order valence-corrected chi connectivity index (χ0v) is 21.4. The molecule has 6 nitrogen and oxygen atoms in total. The summed E-state index contributed by atoms with van der Waals surface area (Å²) in [6.45, 7) is 5.15. The van der Waals surface area contributed by atoms with Crippen molar-refractivity contribution >= 4 is 47.2 Å². The summed E-state index contributed by atoms with van der Waals surface area (Å²) in [6, 6.07) is 12.0. The van der Waals surface area contributed by atoms with Crippen molar-refractivity contribution in [3.63, 3.8) is 0 Å². The first-order valence-corrected chi connectivity index (χ1v) is 10.8. The van der Waals surface area contributed by atoms with Crippen molar-refractivity contribution in [1.82, 2.24) is 20.9 Å². The van der Waals surface area contributed by atoms with Gasteiger partial charge in [-0.25, -0.2) is 0 Å². The Hall–Kier alpha value is -1.65. The quantitative estimate of drug-likeness (QED) is 0.245. The van der Waals surface area contributed by atoms with E-state index in [4.69, 9.17) is 0 Å². The van der Waals surface area contributed by atoms with Crippen molar-refractivity contribution in [3.8, 4) is 0 Å². The molecule has 3 N–H and O–H groups in total. The smallest absolute Gasteiger partial charge is 0.251 e. The van der Waals surface area contributed by atoms with E-state index < -0.39 is 0 Å². The Balaban J connectivity index is 0.00000450. The zero-order chi connectivity index (χ0) is 21.1. The van der Waals surface area contributed by atoms with E-state index in [0.29, 0.717) is 24.6 Å². The van der Waals surface area contributed by atoms with Crippen LogP contribution < -0.4 is 16.0 Å². The van der Waals surface area contributed by atoms with E-state index in [-0.39, 0.29) is 29.9 Å². The monoisotopic (exact) mass is 543 g/mol. The predicted molar refractivity (Wildman–Crippen MR) is 138 cm³/mol. The molecule has 0 saturated heterocycles. The van der Waals surface area contributed by atoms with Gasteiger partial charge in [-0.3, -0.25) is 9.79 Å². The fraction of sp³-hybridized carbons (Fsp3) is 0.455. The second-order valence-corrected chi connectivity index (χ2v) is 8.49. The van der Waals surface area contributed by atoms with Gasteiger partial charge in [-0.15, -0.1) is 35.3 Å². The van der Waals surface area contributed by atoms with Crippen LogP contribution in [0.25, 0.3) is 0 Å². The van der Waals surface area contributed by atoms with Crippen molar-refractivity contribution < 1.29 is 4.79 Å². The van der Waals surface area contributed by atoms with E-state index in [1.165, 1.54) is 4.88 Å². The Labute approximate surface area is 201 Å². The number of rotatable bonds is 10. The molecular weight excluding hydrogens is 509 g/mol. The number of amides is 1. The van der Waals surface area contributed by atoms with Gasteiger partial charge in [-0.1, -0.05) is 25.1 Å². The number of nitrogens with one attached hydrogen (secondary N) is 3. The number of hydrogen-bond acceptors (Lipinski definition) is 4. The fourth-order valence-electron chi connectivity index (χ4n) is 2.84. The Bertz CT molecular complexity index is 780. The molecule has 2 rings (SSSR count). The molecule has 0 bridgehead atoms. The molecule has 1 unspecified atom stereocenters. The van der Waals surface area contributed by atoms with Gasteiger partial charge in [0.2, 0.25) is 0 Å². The first-order chi connectivity index (χ1) is 14.0. The third kappa shape index (κ3) is 9.90. The van der Waals surface area contributed by atoms with E-state index in [1.807, 2.05) is 43.3 Å². The summed E-state index contributed by atoms with van der Waals surface area (Å²) in [5, 5.41) is 11.8. The molecule has 0 aliphatic rings. The lowest BCUT2D eigenvalue weighted by Crippen LogP contribution is -2.39. The van der Waals surface area contributed by atoms with E-state index in [2.05, 4.69) is 45.4 Å². The summed E-state index contributed by atoms with van der Waals surface area (Å²) in [7, 11) is 5.75. The molecule has 8 heteroatoms. The van der Waals surface area contributed by atoms with Crippen LogP contribution >= 0.6 is 35.3 Å². The lowest BCUT2D eigenvalue weighted by atomic mass is 10.1. The molecule has 0 spiro atoms. The molecule has 2 aromatic rings. The molecule has 0 saturated carbocycles. The van der Waals surface area contributed by atoms with Crippen LogP contribution in [0.1, 0.15) is 27.7 Å². The van der Waals surface area contributed by atoms with Gasteiger partial charge >= 0.3 is 0 Å². The highest BCUT2D eigenvalue weighted by Crippen LogP contribution is 2.13. The Kier molecular flexibility index (Phi) is 12.6. The maximum Gasteiger partial charge on any atom is 0.251 e. The van der Waals surface area contributed by atoms with Crippen molar-refractivity contribution in [1.29, 1.82) is 0 Å². The van der Waals surface area contributed by atoms with Crippen LogP contribution in [0.2, 0.25) is 0 Å². The van der Waals surface area contributed by atoms with Gasteiger partial charge in [-0.2, -0.15) is 0 Å². The van der Waals surface area contributed by atoms with Gasteiger partial charge < -0.3 is 20.9 Å². The molecule has 1 atom stereocenters. The van der Waals surface area contributed by atoms with Crippen molar-refractivity contribution in [2.24, 2.45) is 10.9 Å². The molecule has 0 aliphatic carbocycles. The molecule has 1 aromatic carbocycles. The first kappa shape index (κ1) is 26.4. The van der Waals surface area contributed by atoms with E-state index in [9.17, 15) is 4.79 Å². The normalized spacial score (nSPS) is 12.2. The van der Waals surface area contributed by atoms with Crippen molar-refractivity contribution in [3.05, 3.63) is 57.8 Å². The number of halogens is 1. The third-order valence-corrected chi connectivity index (χ3v) is 5.36. The van der Waals surface area contributed by atoms with Crippen molar-refractivity contribution in [2.45, 2.75) is 19.9 Å². The fourth-order valence-corrected chi connectivity index (χ4v) is 3.71. The highest BCUT2D eigenvalue weighted by atomic mass is 127. The number of carbonyl (C=O) groups excluding carboxylic acids is 1. The highest BCUT2D eigenvalue weighted by molar-refractivity contribution is 14.0. The molecule has 1 amide bonds. The largest absolute Gasteiger partial charge is 0.356 e. The van der Waals surface area contributed by atoms with E-state index >= 15 is 0 Å². The Morgan fingerprint density at radius 1 is 1.17 bits per heavy atom. The van der Waals surface area contributed by atoms with E-state index in [1.54, 1.807) is 18.4 Å². The van der Waals surface area contributed by atoms with Gasteiger partial charge in [0, 0.05) is 43.7 Å². The van der Waals surface area contributed by atoms with Crippen LogP contribution in [0.5, 0.6) is 0 Å². The van der Waals surface area contributed by atoms with Crippen LogP contribution in [0.15, 0.2) is 46.8 Å². The molecule has 0 radical (unpaired) electrons. The highest BCUT2D eigenvalue weighted by Gasteiger charge is 2.08. The number of nitrogens with zero attached hydrogens (tertiary/aromatic N) is 2. The number of aliphatic imine (C=N–C) groups is 1. The number of carbonyl (C=O) groups is 1. The summed E-state index contributed by atoms with van der Waals surface area (Å²) >= 11 is 1.80. The summed E-state index contributed by atoms with van der Waals surface area (Å²) < 4.78 is 0. The SMILES string of the molecule is CN=C(NCc1cccc(C(=O)NCCN(C)C)c1)NCC(C)Cc1cccs1.I. The molecule has 166 valence electrons. The minimum atomic E-state index is -0.0430. The number of likely N-dealkylation sites (N-methyl/N-ethyl adjacent to an activating group) is 1. The second kappa shape index (κ2) is 14.4. The molecule has 1 aromatic heterocycles. The Morgan fingerprint density at radius 3 is 2.63 bits per heavy atom. The molecule has 30 heavy (non-hydrogen) atoms. The maximum absolute atomic E-state index is 12.3. The summed E-state index contributed by atoms with van der Waals surface area (Å²) in [6.07, 6.45) is 1.06. The lowest BCUT2D eigenvalue weighted by Gasteiger charge is -2.16. The molecular formula is C22H34IN5OS. The predicted octanol–water partition coefficient (Wildman–Crippen LogP) is 3.20. The third-order valence-electron chi connectivity index (χ3n) is 4.47. The van der Waals surface area contributed by atoms with Crippen LogP contribution in [-0.2, 0) is 13.0 Å². The van der Waals surface area contributed by atoms with E-state index in [0.717, 1.165) is 31.0 Å². The van der Waals surface area contributed by atoms with Crippen molar-refractivity contribution in [2.75, 3.05) is 40.8 Å². The van der Waals surface area contributed by atoms with Gasteiger partial charge in [0.1, 0.15) is 0 Å². The van der Waals surface area contributed by atoms with Crippen LogP contribution in [0.4, 0.5) is 0 Å². The lowest BCUT2D eigenvalue weighted by molar-refractivity contribution is 0.0951. The zero-order valence-electron chi connectivity index (χ0n) is 18.3. The Morgan fingerprint density at radius 2 is 1.97 bits per heavy atom. The standard InChI is InChI=1S/C22H33N5OS.HI/c1-17(13-20-9-6-12-29-20)15-25-22(23-2)26-16-18-7-5-8-19(14-18)21(28)24-10-11-27(3)4;/h5-9,12,14,17H,10-11,13,15-16H2,1-4H3,(H,24,28)(H2,23,25,26);1H. The van der Waals surface area contributed by atoms with Crippen LogP contribution in [0, 0.1) is 5.92 Å². The van der Waals surface area contributed by atoms with Gasteiger partial charge in [0.05, 0.1) is 0 Å². The number of thiophene rings is 1. The summed E-state index contributed by atoms with van der Waals surface area (Å²) in [5.74, 6) is 1.24. The number of benzene rings is 1. The first-order valence-electron chi connectivity index (χ1n) is 9.96. The summed E-state index contributed by atoms with van der Waals surface area (Å²) in [5.41, 5.74) is 1.72. The topological polar surface area (TPSA) is 68.8 Å². The minimum absolute atomic E-state index is 0.